The fourth-order valence-corrected chi connectivity index (χ4v) is 2.79. The maximum Gasteiger partial charge on any atom is 0.248 e. The highest BCUT2D eigenvalue weighted by Gasteiger charge is 2.11. The summed E-state index contributed by atoms with van der Waals surface area (Å²) in [6.07, 6.45) is 0. The van der Waals surface area contributed by atoms with E-state index in [0.717, 1.165) is 22.4 Å². The van der Waals surface area contributed by atoms with Crippen LogP contribution in [0, 0.1) is 0 Å². The van der Waals surface area contributed by atoms with E-state index in [4.69, 9.17) is 4.42 Å². The van der Waals surface area contributed by atoms with Crippen LogP contribution >= 0.6 is 0 Å². The number of hydrogen-bond acceptors (Lipinski definition) is 4. The van der Waals surface area contributed by atoms with Gasteiger partial charge >= 0.3 is 0 Å². The highest BCUT2D eigenvalue weighted by atomic mass is 16.4. The molecule has 0 aliphatic carbocycles. The number of benzene rings is 3. The van der Waals surface area contributed by atoms with Crippen LogP contribution in [0.1, 0.15) is 0 Å². The van der Waals surface area contributed by atoms with Crippen LogP contribution in [-0.2, 0) is 0 Å². The minimum absolute atomic E-state index is 0.524. The van der Waals surface area contributed by atoms with Gasteiger partial charge < -0.3 is 9.32 Å². The maximum absolute atomic E-state index is 5.87. The average Bonchev–Trinajstić information content (AvgIpc) is 3.19. The molecule has 0 bridgehead atoms. The van der Waals surface area contributed by atoms with Crippen LogP contribution in [0.15, 0.2) is 83.3 Å². The molecule has 0 fully saturated rings. The van der Waals surface area contributed by atoms with Gasteiger partial charge in [0.2, 0.25) is 11.8 Å². The molecule has 0 atom stereocenters. The number of hydrogen-bond donors (Lipinski definition) is 0. The number of anilines is 1. The van der Waals surface area contributed by atoms with Gasteiger partial charge in [-0.25, -0.2) is 0 Å². The Kier molecular flexibility index (Phi) is 4.23. The number of rotatable bonds is 4. The molecule has 4 rings (SSSR count). The van der Waals surface area contributed by atoms with Gasteiger partial charge in [-0.2, -0.15) is 0 Å². The topological polar surface area (TPSA) is 42.2 Å². The van der Waals surface area contributed by atoms with Crippen molar-refractivity contribution in [3.8, 4) is 34.0 Å². The average molecular weight is 341 g/mol. The van der Waals surface area contributed by atoms with E-state index < -0.39 is 0 Å². The minimum Gasteiger partial charge on any atom is -0.416 e. The van der Waals surface area contributed by atoms with Crippen LogP contribution in [0.25, 0.3) is 34.0 Å². The lowest BCUT2D eigenvalue weighted by Crippen LogP contribution is -2.07. The summed E-state index contributed by atoms with van der Waals surface area (Å²) in [4.78, 5) is 2.05. The van der Waals surface area contributed by atoms with Crippen LogP contribution in [0.4, 0.5) is 5.69 Å². The molecule has 128 valence electrons. The highest BCUT2D eigenvalue weighted by molar-refractivity contribution is 5.67. The first kappa shape index (κ1) is 16.1. The zero-order chi connectivity index (χ0) is 17.9. The molecule has 0 radical (unpaired) electrons. The third-order valence-corrected chi connectivity index (χ3v) is 4.29. The van der Waals surface area contributed by atoms with Gasteiger partial charge in [0, 0.05) is 30.9 Å². The first-order chi connectivity index (χ1) is 12.7. The molecule has 0 aliphatic heterocycles. The van der Waals surface area contributed by atoms with Gasteiger partial charge in [-0.05, 0) is 47.5 Å². The quantitative estimate of drug-likeness (QED) is 0.516. The van der Waals surface area contributed by atoms with Crippen molar-refractivity contribution in [3.05, 3.63) is 78.9 Å². The summed E-state index contributed by atoms with van der Waals surface area (Å²) in [6, 6.07) is 26.5. The summed E-state index contributed by atoms with van der Waals surface area (Å²) in [6.45, 7) is 0. The third-order valence-electron chi connectivity index (χ3n) is 4.29. The number of nitrogens with zero attached hydrogens (tertiary/aromatic N) is 3. The lowest BCUT2D eigenvalue weighted by atomic mass is 10.0. The summed E-state index contributed by atoms with van der Waals surface area (Å²) in [5.41, 5.74) is 5.30. The zero-order valence-electron chi connectivity index (χ0n) is 14.8. The predicted molar refractivity (Wildman–Crippen MR) is 105 cm³/mol. The summed E-state index contributed by atoms with van der Waals surface area (Å²) in [7, 11) is 4.03. The summed E-state index contributed by atoms with van der Waals surface area (Å²) in [5, 5.41) is 8.38. The first-order valence-electron chi connectivity index (χ1n) is 8.48. The minimum atomic E-state index is 0.524. The van der Waals surface area contributed by atoms with Gasteiger partial charge in [0.15, 0.2) is 0 Å². The molecule has 4 nitrogen and oxygen atoms in total. The Morgan fingerprint density at radius 3 is 1.58 bits per heavy atom. The Hall–Kier alpha value is -3.40. The van der Waals surface area contributed by atoms with E-state index >= 15 is 0 Å². The Morgan fingerprint density at radius 2 is 1.04 bits per heavy atom. The predicted octanol–water partition coefficient (Wildman–Crippen LogP) is 5.14. The largest absolute Gasteiger partial charge is 0.416 e. The molecular formula is C22H19N3O. The van der Waals surface area contributed by atoms with E-state index in [1.807, 2.05) is 68.7 Å². The molecule has 0 spiro atoms. The second-order valence-corrected chi connectivity index (χ2v) is 6.30. The lowest BCUT2D eigenvalue weighted by Gasteiger charge is -2.11. The highest BCUT2D eigenvalue weighted by Crippen LogP contribution is 2.27. The standard InChI is InChI=1S/C22H19N3O/c1-25(2)20-14-12-19(13-15-20)22-24-23-21(26-22)18-10-8-17(9-11-18)16-6-4-3-5-7-16/h3-15H,1-2H3. The van der Waals surface area contributed by atoms with E-state index in [1.54, 1.807) is 0 Å². The molecular weight excluding hydrogens is 322 g/mol. The van der Waals surface area contributed by atoms with Crippen LogP contribution in [0.2, 0.25) is 0 Å². The van der Waals surface area contributed by atoms with Crippen molar-refractivity contribution in [1.29, 1.82) is 0 Å². The van der Waals surface area contributed by atoms with E-state index in [-0.39, 0.29) is 0 Å². The van der Waals surface area contributed by atoms with Gasteiger partial charge in [0.05, 0.1) is 0 Å². The van der Waals surface area contributed by atoms with Crippen molar-refractivity contribution < 1.29 is 4.42 Å². The summed E-state index contributed by atoms with van der Waals surface area (Å²) >= 11 is 0. The Bertz CT molecular complexity index is 988. The monoisotopic (exact) mass is 341 g/mol. The van der Waals surface area contributed by atoms with E-state index in [9.17, 15) is 0 Å². The van der Waals surface area contributed by atoms with Crippen molar-refractivity contribution in [2.75, 3.05) is 19.0 Å². The SMILES string of the molecule is CN(C)c1ccc(-c2nnc(-c3ccc(-c4ccccc4)cc3)o2)cc1. The fourth-order valence-electron chi connectivity index (χ4n) is 2.79. The van der Waals surface area contributed by atoms with Crippen molar-refractivity contribution in [3.63, 3.8) is 0 Å². The Morgan fingerprint density at radius 1 is 0.577 bits per heavy atom. The van der Waals surface area contributed by atoms with Crippen molar-refractivity contribution in [1.82, 2.24) is 10.2 Å². The molecule has 0 saturated heterocycles. The molecule has 0 N–H and O–H groups in total. The van der Waals surface area contributed by atoms with Crippen LogP contribution in [0.5, 0.6) is 0 Å². The zero-order valence-corrected chi connectivity index (χ0v) is 14.8. The van der Waals surface area contributed by atoms with Crippen LogP contribution in [-0.4, -0.2) is 24.3 Å². The van der Waals surface area contributed by atoms with Gasteiger partial charge in [-0.15, -0.1) is 10.2 Å². The summed E-state index contributed by atoms with van der Waals surface area (Å²) < 4.78 is 5.87. The number of aromatic nitrogens is 2. The second kappa shape index (κ2) is 6.84. The normalized spacial score (nSPS) is 10.7. The molecule has 0 unspecified atom stereocenters. The molecule has 3 aromatic carbocycles. The molecule has 26 heavy (non-hydrogen) atoms. The van der Waals surface area contributed by atoms with Crippen molar-refractivity contribution in [2.45, 2.75) is 0 Å². The summed E-state index contributed by atoms with van der Waals surface area (Å²) in [5.74, 6) is 1.05. The fraction of sp³-hybridized carbons (Fsp3) is 0.0909. The van der Waals surface area contributed by atoms with Crippen molar-refractivity contribution >= 4 is 5.69 Å². The smallest absolute Gasteiger partial charge is 0.248 e. The van der Waals surface area contributed by atoms with Gasteiger partial charge in [0.1, 0.15) is 0 Å². The molecule has 4 heteroatoms. The van der Waals surface area contributed by atoms with E-state index in [0.29, 0.717) is 11.8 Å². The Balaban J connectivity index is 1.58. The molecule has 4 aromatic rings. The molecule has 0 aliphatic rings. The van der Waals surface area contributed by atoms with E-state index in [1.165, 1.54) is 5.56 Å². The van der Waals surface area contributed by atoms with E-state index in [2.05, 4.69) is 39.4 Å². The first-order valence-corrected chi connectivity index (χ1v) is 8.48. The van der Waals surface area contributed by atoms with Gasteiger partial charge in [-0.1, -0.05) is 42.5 Å². The molecule has 0 saturated carbocycles. The van der Waals surface area contributed by atoms with Crippen LogP contribution in [0.3, 0.4) is 0 Å². The molecule has 0 amide bonds. The third kappa shape index (κ3) is 3.22. The second-order valence-electron chi connectivity index (χ2n) is 6.30. The molecule has 1 heterocycles. The lowest BCUT2D eigenvalue weighted by molar-refractivity contribution is 0.584. The van der Waals surface area contributed by atoms with Gasteiger partial charge in [0.25, 0.3) is 0 Å². The van der Waals surface area contributed by atoms with Crippen molar-refractivity contribution in [2.24, 2.45) is 0 Å². The maximum atomic E-state index is 5.87. The van der Waals surface area contributed by atoms with Gasteiger partial charge in [-0.3, -0.25) is 0 Å². The van der Waals surface area contributed by atoms with Crippen LogP contribution < -0.4 is 4.90 Å². The Labute approximate surface area is 152 Å². The molecule has 1 aromatic heterocycles.